The van der Waals surface area contributed by atoms with Gasteiger partial charge in [0.1, 0.15) is 4.21 Å². The SMILES string of the molecule is O=C(NCc1ccc(S(=O)(=O)N2CCCCC2)s1)c1ccc(F)c(F)c1. The monoisotopic (exact) mass is 400 g/mol. The van der Waals surface area contributed by atoms with Crippen LogP contribution in [0.15, 0.2) is 34.5 Å². The van der Waals surface area contributed by atoms with Crippen molar-refractivity contribution in [1.29, 1.82) is 0 Å². The van der Waals surface area contributed by atoms with E-state index >= 15 is 0 Å². The lowest BCUT2D eigenvalue weighted by Crippen LogP contribution is -2.35. The number of benzene rings is 1. The third kappa shape index (κ3) is 4.11. The molecule has 140 valence electrons. The molecule has 0 aliphatic carbocycles. The number of carbonyl (C=O) groups excluding carboxylic acids is 1. The fourth-order valence-corrected chi connectivity index (χ4v) is 5.70. The highest BCUT2D eigenvalue weighted by Gasteiger charge is 2.27. The van der Waals surface area contributed by atoms with Crippen LogP contribution in [0.25, 0.3) is 0 Å². The molecule has 0 spiro atoms. The number of nitrogens with one attached hydrogen (secondary N) is 1. The van der Waals surface area contributed by atoms with E-state index in [9.17, 15) is 22.0 Å². The maximum absolute atomic E-state index is 13.2. The Morgan fingerprint density at radius 1 is 1.08 bits per heavy atom. The van der Waals surface area contributed by atoms with Gasteiger partial charge in [0.05, 0.1) is 6.54 Å². The van der Waals surface area contributed by atoms with E-state index in [1.807, 2.05) is 0 Å². The summed E-state index contributed by atoms with van der Waals surface area (Å²) in [6.07, 6.45) is 2.77. The second-order valence-corrected chi connectivity index (χ2v) is 9.33. The normalized spacial score (nSPS) is 15.8. The molecule has 0 radical (unpaired) electrons. The van der Waals surface area contributed by atoms with E-state index in [2.05, 4.69) is 5.32 Å². The van der Waals surface area contributed by atoms with Crippen LogP contribution < -0.4 is 5.32 Å². The first-order chi connectivity index (χ1) is 12.4. The first-order valence-corrected chi connectivity index (χ1v) is 10.5. The average molecular weight is 400 g/mol. The minimum absolute atomic E-state index is 0.00150. The molecular formula is C17H18F2N2O3S2. The number of hydrogen-bond donors (Lipinski definition) is 1. The van der Waals surface area contributed by atoms with Crippen molar-refractivity contribution in [1.82, 2.24) is 9.62 Å². The lowest BCUT2D eigenvalue weighted by atomic mass is 10.2. The molecule has 26 heavy (non-hydrogen) atoms. The number of carbonyl (C=O) groups is 1. The van der Waals surface area contributed by atoms with E-state index in [1.165, 1.54) is 16.4 Å². The van der Waals surface area contributed by atoms with Crippen molar-refractivity contribution in [2.45, 2.75) is 30.0 Å². The number of rotatable bonds is 5. The summed E-state index contributed by atoms with van der Waals surface area (Å²) in [5.41, 5.74) is 0.00150. The quantitative estimate of drug-likeness (QED) is 0.839. The lowest BCUT2D eigenvalue weighted by Gasteiger charge is -2.25. The van der Waals surface area contributed by atoms with Crippen molar-refractivity contribution in [3.8, 4) is 0 Å². The Labute approximate surface area is 154 Å². The molecule has 5 nitrogen and oxygen atoms in total. The van der Waals surface area contributed by atoms with Crippen LogP contribution in [0.4, 0.5) is 8.78 Å². The first kappa shape index (κ1) is 18.9. The predicted octanol–water partition coefficient (Wildman–Crippen LogP) is 3.13. The highest BCUT2D eigenvalue weighted by molar-refractivity contribution is 7.91. The molecule has 3 rings (SSSR count). The van der Waals surface area contributed by atoms with E-state index in [0.717, 1.165) is 42.7 Å². The Balaban J connectivity index is 1.64. The van der Waals surface area contributed by atoms with E-state index < -0.39 is 27.6 Å². The van der Waals surface area contributed by atoms with E-state index in [-0.39, 0.29) is 16.3 Å². The zero-order valence-electron chi connectivity index (χ0n) is 13.9. The number of halogens is 2. The Hall–Kier alpha value is -1.84. The van der Waals surface area contributed by atoms with Gasteiger partial charge in [-0.1, -0.05) is 6.42 Å². The standard InChI is InChI=1S/C17H18F2N2O3S2/c18-14-6-4-12(10-15(14)19)17(22)20-11-13-5-7-16(25-13)26(23,24)21-8-2-1-3-9-21/h4-7,10H,1-3,8-9,11H2,(H,20,22). The Bertz CT molecular complexity index is 906. The molecular weight excluding hydrogens is 382 g/mol. The van der Waals surface area contributed by atoms with Gasteiger partial charge in [0, 0.05) is 23.5 Å². The largest absolute Gasteiger partial charge is 0.347 e. The molecule has 1 aromatic carbocycles. The van der Waals surface area contributed by atoms with Crippen LogP contribution in [0.3, 0.4) is 0 Å². The summed E-state index contributed by atoms with van der Waals surface area (Å²) in [5, 5.41) is 2.58. The van der Waals surface area contributed by atoms with Crippen molar-refractivity contribution in [3.05, 3.63) is 52.4 Å². The molecule has 1 aliphatic heterocycles. The van der Waals surface area contributed by atoms with E-state index in [1.54, 1.807) is 6.07 Å². The molecule has 1 aromatic heterocycles. The molecule has 0 bridgehead atoms. The number of hydrogen-bond acceptors (Lipinski definition) is 4. The molecule has 1 N–H and O–H groups in total. The van der Waals surface area contributed by atoms with Crippen molar-refractivity contribution >= 4 is 27.3 Å². The summed E-state index contributed by atoms with van der Waals surface area (Å²) in [6, 6.07) is 6.08. The smallest absolute Gasteiger partial charge is 0.252 e. The van der Waals surface area contributed by atoms with Gasteiger partial charge in [0.25, 0.3) is 15.9 Å². The summed E-state index contributed by atoms with van der Waals surface area (Å²) < 4.78 is 53.0. The number of piperidine rings is 1. The summed E-state index contributed by atoms with van der Waals surface area (Å²) in [5.74, 6) is -2.67. The van der Waals surface area contributed by atoms with Crippen LogP contribution in [0, 0.1) is 11.6 Å². The van der Waals surface area contributed by atoms with E-state index in [4.69, 9.17) is 0 Å². The van der Waals surface area contributed by atoms with Crippen LogP contribution >= 0.6 is 11.3 Å². The molecule has 9 heteroatoms. The Morgan fingerprint density at radius 2 is 1.81 bits per heavy atom. The van der Waals surface area contributed by atoms with Crippen molar-refractivity contribution < 1.29 is 22.0 Å². The number of thiophene rings is 1. The van der Waals surface area contributed by atoms with Gasteiger partial charge in [0.2, 0.25) is 0 Å². The van der Waals surface area contributed by atoms with Crippen LogP contribution in [0.5, 0.6) is 0 Å². The molecule has 0 unspecified atom stereocenters. The van der Waals surface area contributed by atoms with Crippen LogP contribution in [0.2, 0.25) is 0 Å². The third-order valence-electron chi connectivity index (χ3n) is 4.15. The van der Waals surface area contributed by atoms with Gasteiger partial charge in [-0.05, 0) is 43.2 Å². The second kappa shape index (κ2) is 7.81. The molecule has 1 saturated heterocycles. The Kier molecular flexibility index (Phi) is 5.69. The molecule has 0 atom stereocenters. The second-order valence-electron chi connectivity index (χ2n) is 6.00. The van der Waals surface area contributed by atoms with Gasteiger partial charge in [-0.25, -0.2) is 17.2 Å². The number of amides is 1. The minimum atomic E-state index is -3.49. The summed E-state index contributed by atoms with van der Waals surface area (Å²) in [6.45, 7) is 1.17. The average Bonchev–Trinajstić information content (AvgIpc) is 3.12. The van der Waals surface area contributed by atoms with Crippen molar-refractivity contribution in [2.24, 2.45) is 0 Å². The fraction of sp³-hybridized carbons (Fsp3) is 0.353. The molecule has 0 saturated carbocycles. The van der Waals surface area contributed by atoms with E-state index in [0.29, 0.717) is 18.0 Å². The van der Waals surface area contributed by atoms with Gasteiger partial charge < -0.3 is 5.32 Å². The number of sulfonamides is 1. The lowest BCUT2D eigenvalue weighted by molar-refractivity contribution is 0.0950. The minimum Gasteiger partial charge on any atom is -0.347 e. The van der Waals surface area contributed by atoms with Gasteiger partial charge >= 0.3 is 0 Å². The molecule has 1 amide bonds. The number of nitrogens with zero attached hydrogens (tertiary/aromatic N) is 1. The molecule has 1 fully saturated rings. The van der Waals surface area contributed by atoms with Crippen molar-refractivity contribution in [2.75, 3.05) is 13.1 Å². The highest BCUT2D eigenvalue weighted by Crippen LogP contribution is 2.27. The van der Waals surface area contributed by atoms with Gasteiger partial charge in [-0.15, -0.1) is 11.3 Å². The van der Waals surface area contributed by atoms with Crippen molar-refractivity contribution in [3.63, 3.8) is 0 Å². The topological polar surface area (TPSA) is 66.5 Å². The third-order valence-corrected chi connectivity index (χ3v) is 7.60. The molecule has 1 aliphatic rings. The summed E-state index contributed by atoms with van der Waals surface area (Å²) in [4.78, 5) is 12.7. The Morgan fingerprint density at radius 3 is 2.50 bits per heavy atom. The summed E-state index contributed by atoms with van der Waals surface area (Å²) >= 11 is 1.10. The molecule has 2 aromatic rings. The van der Waals surface area contributed by atoms with Gasteiger partial charge in [-0.3, -0.25) is 4.79 Å². The maximum atomic E-state index is 13.2. The predicted molar refractivity (Wildman–Crippen MR) is 94.5 cm³/mol. The molecule has 2 heterocycles. The van der Waals surface area contributed by atoms with Gasteiger partial charge in [0.15, 0.2) is 11.6 Å². The first-order valence-electron chi connectivity index (χ1n) is 8.20. The summed E-state index contributed by atoms with van der Waals surface area (Å²) in [7, 11) is -3.49. The van der Waals surface area contributed by atoms with Crippen LogP contribution in [0.1, 0.15) is 34.5 Å². The van der Waals surface area contributed by atoms with Crippen LogP contribution in [-0.2, 0) is 16.6 Å². The highest BCUT2D eigenvalue weighted by atomic mass is 32.2. The van der Waals surface area contributed by atoms with Gasteiger partial charge in [-0.2, -0.15) is 4.31 Å². The fourth-order valence-electron chi connectivity index (χ4n) is 2.73. The zero-order chi connectivity index (χ0) is 18.7. The van der Waals surface area contributed by atoms with Crippen LogP contribution in [-0.4, -0.2) is 31.7 Å². The zero-order valence-corrected chi connectivity index (χ0v) is 15.5. The maximum Gasteiger partial charge on any atom is 0.252 e.